The van der Waals surface area contributed by atoms with E-state index in [1.165, 1.54) is 12.1 Å². The number of carbonyl (C=O) groups is 1. The minimum Gasteiger partial charge on any atom is -0.299 e. The fourth-order valence-electron chi connectivity index (χ4n) is 2.73. The van der Waals surface area contributed by atoms with Crippen LogP contribution in [-0.4, -0.2) is 19.2 Å². The maximum atomic E-state index is 13.7. The summed E-state index contributed by atoms with van der Waals surface area (Å²) in [6, 6.07) is 12.1. The van der Waals surface area contributed by atoms with Gasteiger partial charge < -0.3 is 0 Å². The summed E-state index contributed by atoms with van der Waals surface area (Å²) in [5.74, 6) is -1.86. The van der Waals surface area contributed by atoms with Crippen molar-refractivity contribution in [2.45, 2.75) is 24.2 Å². The lowest BCUT2D eigenvalue weighted by Gasteiger charge is -2.10. The molecule has 0 aliphatic heterocycles. The summed E-state index contributed by atoms with van der Waals surface area (Å²) in [4.78, 5) is 15.4. The highest BCUT2D eigenvalue weighted by atomic mass is 32.2. The van der Waals surface area contributed by atoms with Crippen LogP contribution in [0.4, 0.5) is 14.5 Å². The van der Waals surface area contributed by atoms with Gasteiger partial charge in [-0.05, 0) is 53.9 Å². The Balaban J connectivity index is 1.61. The number of Topliss-reactive ketones (excluding diaryl/α,β-unsaturated/α-hetero) is 1. The number of aromatic nitrogens is 1. The van der Waals surface area contributed by atoms with Gasteiger partial charge >= 0.3 is 0 Å². The SMILES string of the molecule is O=C(CCc1cccnc1)Cc1ccc(NS(=O)(=O)c2cc(F)ccc2F)cc1. The van der Waals surface area contributed by atoms with E-state index < -0.39 is 26.6 Å². The topological polar surface area (TPSA) is 76.1 Å². The van der Waals surface area contributed by atoms with E-state index in [0.29, 0.717) is 18.9 Å². The number of sulfonamides is 1. The predicted molar refractivity (Wildman–Crippen MR) is 105 cm³/mol. The number of ketones is 1. The van der Waals surface area contributed by atoms with Crippen molar-refractivity contribution in [3.63, 3.8) is 0 Å². The van der Waals surface area contributed by atoms with E-state index in [4.69, 9.17) is 0 Å². The molecule has 0 radical (unpaired) electrons. The number of nitrogens with zero attached hydrogens (tertiary/aromatic N) is 1. The van der Waals surface area contributed by atoms with Crippen LogP contribution >= 0.6 is 0 Å². The summed E-state index contributed by atoms with van der Waals surface area (Å²) in [7, 11) is -4.28. The quantitative estimate of drug-likeness (QED) is 0.604. The lowest BCUT2D eigenvalue weighted by Crippen LogP contribution is -2.15. The van der Waals surface area contributed by atoms with Gasteiger partial charge in [-0.2, -0.15) is 0 Å². The number of halogens is 2. The Bertz CT molecular complexity index is 1100. The average molecular weight is 416 g/mol. The molecule has 150 valence electrons. The summed E-state index contributed by atoms with van der Waals surface area (Å²) >= 11 is 0. The second-order valence-electron chi connectivity index (χ2n) is 6.45. The lowest BCUT2D eigenvalue weighted by atomic mass is 10.0. The van der Waals surface area contributed by atoms with Gasteiger partial charge in [0.05, 0.1) is 0 Å². The largest absolute Gasteiger partial charge is 0.299 e. The number of carbonyl (C=O) groups excluding carboxylic acids is 1. The first kappa shape index (κ1) is 20.6. The number of anilines is 1. The Morgan fingerprint density at radius 2 is 1.76 bits per heavy atom. The third-order valence-electron chi connectivity index (χ3n) is 4.21. The summed E-state index contributed by atoms with van der Waals surface area (Å²) < 4.78 is 53.8. The summed E-state index contributed by atoms with van der Waals surface area (Å²) in [5, 5.41) is 0. The molecule has 1 aromatic heterocycles. The number of pyridine rings is 1. The lowest BCUT2D eigenvalue weighted by molar-refractivity contribution is -0.118. The highest BCUT2D eigenvalue weighted by Crippen LogP contribution is 2.20. The van der Waals surface area contributed by atoms with Gasteiger partial charge in [0.2, 0.25) is 0 Å². The normalized spacial score (nSPS) is 11.2. The molecule has 0 unspecified atom stereocenters. The molecule has 5 nitrogen and oxygen atoms in total. The molecule has 0 fully saturated rings. The third-order valence-corrected chi connectivity index (χ3v) is 5.60. The minimum atomic E-state index is -4.28. The van der Waals surface area contributed by atoms with E-state index in [2.05, 4.69) is 9.71 Å². The maximum Gasteiger partial charge on any atom is 0.264 e. The number of aryl methyl sites for hydroxylation is 1. The zero-order valence-corrected chi connectivity index (χ0v) is 16.1. The van der Waals surface area contributed by atoms with Crippen LogP contribution < -0.4 is 4.72 Å². The molecule has 0 spiro atoms. The molecule has 1 heterocycles. The van der Waals surface area contributed by atoms with Crippen LogP contribution in [0.2, 0.25) is 0 Å². The highest BCUT2D eigenvalue weighted by molar-refractivity contribution is 7.92. The second-order valence-corrected chi connectivity index (χ2v) is 8.10. The maximum absolute atomic E-state index is 13.7. The molecule has 1 N–H and O–H groups in total. The molecular formula is C21H18F2N2O3S. The van der Waals surface area contributed by atoms with Crippen LogP contribution in [0.25, 0.3) is 0 Å². The van der Waals surface area contributed by atoms with Crippen molar-refractivity contribution in [3.05, 3.63) is 89.8 Å². The van der Waals surface area contributed by atoms with Crippen LogP contribution in [0, 0.1) is 11.6 Å². The fraction of sp³-hybridized carbons (Fsp3) is 0.143. The summed E-state index contributed by atoms with van der Waals surface area (Å²) in [5.41, 5.74) is 1.89. The van der Waals surface area contributed by atoms with Crippen LogP contribution in [-0.2, 0) is 27.7 Å². The van der Waals surface area contributed by atoms with E-state index >= 15 is 0 Å². The molecule has 0 atom stereocenters. The number of benzene rings is 2. The van der Waals surface area contributed by atoms with Gasteiger partial charge in [0, 0.05) is 30.9 Å². The standard InChI is InChI=1S/C21H18F2N2O3S/c22-17-6-10-20(23)21(13-17)29(27,28)25-18-7-3-15(4-8-18)12-19(26)9-5-16-2-1-11-24-14-16/h1-4,6-8,10-11,13-14,25H,5,9,12H2. The molecule has 3 rings (SSSR count). The molecule has 0 amide bonds. The molecular weight excluding hydrogens is 398 g/mol. The van der Waals surface area contributed by atoms with Crippen molar-refractivity contribution in [1.29, 1.82) is 0 Å². The van der Waals surface area contributed by atoms with Crippen LogP contribution in [0.3, 0.4) is 0 Å². The number of hydrogen-bond donors (Lipinski definition) is 1. The van der Waals surface area contributed by atoms with E-state index in [1.54, 1.807) is 24.5 Å². The van der Waals surface area contributed by atoms with Gasteiger partial charge in [-0.15, -0.1) is 0 Å². The molecule has 0 saturated heterocycles. The first-order chi connectivity index (χ1) is 13.8. The zero-order valence-electron chi connectivity index (χ0n) is 15.3. The van der Waals surface area contributed by atoms with Gasteiger partial charge in [-0.3, -0.25) is 14.5 Å². The number of rotatable bonds is 8. The zero-order chi connectivity index (χ0) is 20.9. The van der Waals surface area contributed by atoms with Gasteiger partial charge in [-0.25, -0.2) is 17.2 Å². The predicted octanol–water partition coefficient (Wildman–Crippen LogP) is 3.91. The minimum absolute atomic E-state index is 0.0454. The van der Waals surface area contributed by atoms with E-state index in [1.807, 2.05) is 12.1 Å². The van der Waals surface area contributed by atoms with Crippen molar-refractivity contribution >= 4 is 21.5 Å². The number of nitrogens with one attached hydrogen (secondary N) is 1. The Morgan fingerprint density at radius 3 is 2.45 bits per heavy atom. The monoisotopic (exact) mass is 416 g/mol. The van der Waals surface area contributed by atoms with Crippen LogP contribution in [0.15, 0.2) is 71.9 Å². The Hall–Kier alpha value is -3.13. The van der Waals surface area contributed by atoms with E-state index in [0.717, 1.165) is 23.3 Å². The van der Waals surface area contributed by atoms with Crippen molar-refractivity contribution in [1.82, 2.24) is 4.98 Å². The van der Waals surface area contributed by atoms with Crippen molar-refractivity contribution < 1.29 is 22.0 Å². The van der Waals surface area contributed by atoms with E-state index in [-0.39, 0.29) is 17.9 Å². The Labute approximate surface area is 167 Å². The molecule has 0 saturated carbocycles. The molecule has 2 aromatic carbocycles. The smallest absolute Gasteiger partial charge is 0.264 e. The third kappa shape index (κ3) is 5.68. The second kappa shape index (κ2) is 8.91. The van der Waals surface area contributed by atoms with Gasteiger partial charge in [0.25, 0.3) is 10.0 Å². The molecule has 0 aliphatic carbocycles. The highest BCUT2D eigenvalue weighted by Gasteiger charge is 2.20. The Morgan fingerprint density at radius 1 is 1.00 bits per heavy atom. The fourth-order valence-corrected chi connectivity index (χ4v) is 3.88. The van der Waals surface area contributed by atoms with E-state index in [9.17, 15) is 22.0 Å². The molecule has 29 heavy (non-hydrogen) atoms. The molecule has 0 aliphatic rings. The van der Waals surface area contributed by atoms with Gasteiger partial charge in [-0.1, -0.05) is 18.2 Å². The first-order valence-electron chi connectivity index (χ1n) is 8.81. The Kier molecular flexibility index (Phi) is 6.33. The summed E-state index contributed by atoms with van der Waals surface area (Å²) in [6.45, 7) is 0. The van der Waals surface area contributed by atoms with Crippen LogP contribution in [0.5, 0.6) is 0 Å². The average Bonchev–Trinajstić information content (AvgIpc) is 2.70. The molecule has 0 bridgehead atoms. The summed E-state index contributed by atoms with van der Waals surface area (Å²) in [6.07, 6.45) is 4.58. The number of hydrogen-bond acceptors (Lipinski definition) is 4. The first-order valence-corrected chi connectivity index (χ1v) is 10.3. The molecule has 3 aromatic rings. The van der Waals surface area contributed by atoms with Crippen molar-refractivity contribution in [3.8, 4) is 0 Å². The van der Waals surface area contributed by atoms with Crippen molar-refractivity contribution in [2.24, 2.45) is 0 Å². The van der Waals surface area contributed by atoms with Gasteiger partial charge in [0.15, 0.2) is 0 Å². The van der Waals surface area contributed by atoms with Crippen LogP contribution in [0.1, 0.15) is 17.5 Å². The van der Waals surface area contributed by atoms with Gasteiger partial charge in [0.1, 0.15) is 22.3 Å². The molecule has 8 heteroatoms. The van der Waals surface area contributed by atoms with Crippen molar-refractivity contribution in [2.75, 3.05) is 4.72 Å².